The molecule has 0 aromatic heterocycles. The van der Waals surface area contributed by atoms with Gasteiger partial charge in [-0.2, -0.15) is 0 Å². The first-order valence-corrected chi connectivity index (χ1v) is 9.15. The molecule has 1 fully saturated rings. The first kappa shape index (κ1) is 18.3. The largest absolute Gasteiger partial charge is 0.357 e. The van der Waals surface area contributed by atoms with Gasteiger partial charge in [0, 0.05) is 24.7 Å². The zero-order valence-electron chi connectivity index (χ0n) is 14.9. The minimum Gasteiger partial charge on any atom is -0.357 e. The number of unbranched alkanes of at least 4 members (excludes halogenated alkanes) is 1. The van der Waals surface area contributed by atoms with Gasteiger partial charge in [-0.25, -0.2) is 4.99 Å². The Morgan fingerprint density at radius 1 is 1.25 bits per heavy atom. The summed E-state index contributed by atoms with van der Waals surface area (Å²) in [5, 5.41) is 9.62. The first-order valence-electron chi connectivity index (χ1n) is 9.15. The molecule has 5 heteroatoms. The lowest BCUT2D eigenvalue weighted by atomic mass is 9.85. The Kier molecular flexibility index (Phi) is 7.59. The van der Waals surface area contributed by atoms with Crippen LogP contribution in [-0.2, 0) is 11.3 Å². The normalized spacial score (nSPS) is 14.8. The van der Waals surface area contributed by atoms with Crippen LogP contribution in [0.5, 0.6) is 0 Å². The fourth-order valence-corrected chi connectivity index (χ4v) is 2.56. The monoisotopic (exact) mass is 330 g/mol. The van der Waals surface area contributed by atoms with Crippen molar-refractivity contribution in [2.75, 3.05) is 18.4 Å². The third kappa shape index (κ3) is 5.87. The predicted molar refractivity (Wildman–Crippen MR) is 100 cm³/mol. The van der Waals surface area contributed by atoms with Crippen molar-refractivity contribution < 1.29 is 4.79 Å². The average Bonchev–Trinajstić information content (AvgIpc) is 2.51. The van der Waals surface area contributed by atoms with Crippen LogP contribution in [0.15, 0.2) is 29.3 Å². The molecule has 3 N–H and O–H groups in total. The Bertz CT molecular complexity index is 552. The molecule has 1 aliphatic rings. The number of guanidine groups is 1. The van der Waals surface area contributed by atoms with Crippen molar-refractivity contribution >= 4 is 17.6 Å². The molecular weight excluding hydrogens is 300 g/mol. The second kappa shape index (κ2) is 9.96. The number of hydrogen-bond acceptors (Lipinski definition) is 2. The van der Waals surface area contributed by atoms with E-state index in [9.17, 15) is 4.79 Å². The second-order valence-corrected chi connectivity index (χ2v) is 6.29. The first-order chi connectivity index (χ1) is 11.7. The number of nitrogens with zero attached hydrogens (tertiary/aromatic N) is 1. The topological polar surface area (TPSA) is 65.5 Å². The van der Waals surface area contributed by atoms with Crippen LogP contribution in [0.3, 0.4) is 0 Å². The molecule has 1 aromatic rings. The quantitative estimate of drug-likeness (QED) is 0.389. The molecule has 0 saturated heterocycles. The minimum atomic E-state index is 0.150. The van der Waals surface area contributed by atoms with Crippen LogP contribution >= 0.6 is 0 Å². The van der Waals surface area contributed by atoms with E-state index in [0.29, 0.717) is 6.54 Å². The van der Waals surface area contributed by atoms with Crippen LogP contribution in [0.4, 0.5) is 5.69 Å². The second-order valence-electron chi connectivity index (χ2n) is 6.29. The number of anilines is 1. The fourth-order valence-electron chi connectivity index (χ4n) is 2.56. The van der Waals surface area contributed by atoms with E-state index >= 15 is 0 Å². The Labute approximate surface area is 145 Å². The summed E-state index contributed by atoms with van der Waals surface area (Å²) in [4.78, 5) is 16.7. The summed E-state index contributed by atoms with van der Waals surface area (Å²) in [6.07, 6.45) is 5.50. The number of aliphatic imine (C=N–C) groups is 1. The van der Waals surface area contributed by atoms with E-state index in [1.807, 2.05) is 24.3 Å². The van der Waals surface area contributed by atoms with Crippen molar-refractivity contribution in [2.45, 2.75) is 52.5 Å². The van der Waals surface area contributed by atoms with Gasteiger partial charge in [-0.15, -0.1) is 0 Å². The maximum absolute atomic E-state index is 12.0. The lowest BCUT2D eigenvalue weighted by molar-refractivity contribution is -0.122. The van der Waals surface area contributed by atoms with Gasteiger partial charge in [0.2, 0.25) is 5.91 Å². The molecule has 0 bridgehead atoms. The summed E-state index contributed by atoms with van der Waals surface area (Å²) in [6, 6.07) is 7.96. The fraction of sp³-hybridized carbons (Fsp3) is 0.579. The third-order valence-corrected chi connectivity index (χ3v) is 4.26. The Balaban J connectivity index is 1.91. The number of amides is 1. The highest BCUT2D eigenvalue weighted by atomic mass is 16.1. The molecule has 1 aliphatic carbocycles. The highest BCUT2D eigenvalue weighted by Crippen LogP contribution is 2.27. The summed E-state index contributed by atoms with van der Waals surface area (Å²) in [5.41, 5.74) is 1.96. The van der Waals surface area contributed by atoms with Crippen LogP contribution in [0.1, 0.15) is 51.5 Å². The lowest BCUT2D eigenvalue weighted by Crippen LogP contribution is -2.37. The van der Waals surface area contributed by atoms with Gasteiger partial charge in [0.05, 0.1) is 6.54 Å². The van der Waals surface area contributed by atoms with Gasteiger partial charge < -0.3 is 16.0 Å². The van der Waals surface area contributed by atoms with E-state index in [1.165, 1.54) is 6.42 Å². The van der Waals surface area contributed by atoms with Gasteiger partial charge >= 0.3 is 0 Å². The summed E-state index contributed by atoms with van der Waals surface area (Å²) < 4.78 is 0. The Morgan fingerprint density at radius 3 is 2.75 bits per heavy atom. The predicted octanol–water partition coefficient (Wildman–Crippen LogP) is 3.28. The van der Waals surface area contributed by atoms with E-state index in [4.69, 9.17) is 0 Å². The maximum Gasteiger partial charge on any atom is 0.227 e. The average molecular weight is 330 g/mol. The highest BCUT2D eigenvalue weighted by Gasteiger charge is 2.25. The van der Waals surface area contributed by atoms with Crippen molar-refractivity contribution in [3.63, 3.8) is 0 Å². The molecule has 132 valence electrons. The molecule has 0 unspecified atom stereocenters. The highest BCUT2D eigenvalue weighted by molar-refractivity contribution is 5.93. The SMILES string of the molecule is CCCCNC(=NCc1cccc(NC(=O)C2CCC2)c1)NCC. The number of nitrogens with one attached hydrogen (secondary N) is 3. The minimum absolute atomic E-state index is 0.150. The van der Waals surface area contributed by atoms with Gasteiger partial charge in [-0.1, -0.05) is 31.9 Å². The van der Waals surface area contributed by atoms with E-state index < -0.39 is 0 Å². The van der Waals surface area contributed by atoms with Crippen LogP contribution in [0, 0.1) is 5.92 Å². The molecule has 0 atom stereocenters. The zero-order valence-corrected chi connectivity index (χ0v) is 14.9. The van der Waals surface area contributed by atoms with Gasteiger partial charge in [0.25, 0.3) is 0 Å². The number of carbonyl (C=O) groups is 1. The van der Waals surface area contributed by atoms with E-state index in [0.717, 1.165) is 56.0 Å². The number of rotatable bonds is 8. The molecule has 0 radical (unpaired) electrons. The smallest absolute Gasteiger partial charge is 0.227 e. The molecular formula is C19H30N4O. The lowest BCUT2D eigenvalue weighted by Gasteiger charge is -2.24. The summed E-state index contributed by atoms with van der Waals surface area (Å²) in [5.74, 6) is 1.20. The van der Waals surface area contributed by atoms with Crippen molar-refractivity contribution in [1.29, 1.82) is 0 Å². The van der Waals surface area contributed by atoms with Gasteiger partial charge in [0.1, 0.15) is 0 Å². The molecule has 2 rings (SSSR count). The molecule has 1 saturated carbocycles. The summed E-state index contributed by atoms with van der Waals surface area (Å²) in [7, 11) is 0. The molecule has 5 nitrogen and oxygen atoms in total. The summed E-state index contributed by atoms with van der Waals surface area (Å²) in [6.45, 7) is 6.60. The van der Waals surface area contributed by atoms with Crippen LogP contribution in [0.2, 0.25) is 0 Å². The number of carbonyl (C=O) groups excluding carboxylic acids is 1. The maximum atomic E-state index is 12.0. The third-order valence-electron chi connectivity index (χ3n) is 4.26. The molecule has 0 heterocycles. The van der Waals surface area contributed by atoms with Gasteiger partial charge in [-0.05, 0) is 43.9 Å². The molecule has 0 spiro atoms. The summed E-state index contributed by atoms with van der Waals surface area (Å²) >= 11 is 0. The van der Waals surface area contributed by atoms with Crippen LogP contribution in [-0.4, -0.2) is 25.0 Å². The molecule has 24 heavy (non-hydrogen) atoms. The van der Waals surface area contributed by atoms with E-state index in [1.54, 1.807) is 0 Å². The van der Waals surface area contributed by atoms with E-state index in [2.05, 4.69) is 34.8 Å². The van der Waals surface area contributed by atoms with Gasteiger partial charge in [0.15, 0.2) is 5.96 Å². The number of hydrogen-bond donors (Lipinski definition) is 3. The van der Waals surface area contributed by atoms with Crippen molar-refractivity contribution in [3.05, 3.63) is 29.8 Å². The Hall–Kier alpha value is -2.04. The molecule has 1 aromatic carbocycles. The van der Waals surface area contributed by atoms with E-state index in [-0.39, 0.29) is 11.8 Å². The van der Waals surface area contributed by atoms with Crippen LogP contribution in [0.25, 0.3) is 0 Å². The van der Waals surface area contributed by atoms with Crippen molar-refractivity contribution in [1.82, 2.24) is 10.6 Å². The molecule has 0 aliphatic heterocycles. The standard InChI is InChI=1S/C19H30N4O/c1-3-5-12-21-19(20-4-2)22-14-15-8-6-11-17(13-15)23-18(24)16-9-7-10-16/h6,8,11,13,16H,3-5,7,9-10,12,14H2,1-2H3,(H,23,24)(H2,20,21,22). The Morgan fingerprint density at radius 2 is 2.08 bits per heavy atom. The van der Waals surface area contributed by atoms with Crippen molar-refractivity contribution in [2.24, 2.45) is 10.9 Å². The molecule has 1 amide bonds. The zero-order chi connectivity index (χ0) is 17.2. The van der Waals surface area contributed by atoms with Gasteiger partial charge in [-0.3, -0.25) is 4.79 Å². The number of benzene rings is 1. The van der Waals surface area contributed by atoms with Crippen molar-refractivity contribution in [3.8, 4) is 0 Å². The van der Waals surface area contributed by atoms with Crippen LogP contribution < -0.4 is 16.0 Å².